The second-order valence-corrected chi connectivity index (χ2v) is 10.5. The fourth-order valence-corrected chi connectivity index (χ4v) is 5.04. The van der Waals surface area contributed by atoms with E-state index in [1.165, 1.54) is 5.56 Å². The van der Waals surface area contributed by atoms with E-state index in [-0.39, 0.29) is 23.8 Å². The molecule has 0 fully saturated rings. The number of ether oxygens (including phenoxy) is 5. The van der Waals surface area contributed by atoms with Crippen LogP contribution >= 0.6 is 11.6 Å². The molecule has 0 bridgehead atoms. The Hall–Kier alpha value is -5.13. The van der Waals surface area contributed by atoms with Gasteiger partial charge in [-0.25, -0.2) is 4.79 Å². The molecular formula is C35H31ClN2O6. The molecule has 0 saturated heterocycles. The van der Waals surface area contributed by atoms with Crippen molar-refractivity contribution in [3.63, 3.8) is 0 Å². The molecule has 8 nitrogen and oxygen atoms in total. The maximum atomic E-state index is 12.8. The van der Waals surface area contributed by atoms with Crippen LogP contribution in [-0.2, 0) is 17.8 Å². The van der Waals surface area contributed by atoms with Crippen molar-refractivity contribution in [2.75, 3.05) is 7.11 Å². The van der Waals surface area contributed by atoms with Gasteiger partial charge in [0, 0.05) is 22.2 Å². The summed E-state index contributed by atoms with van der Waals surface area (Å²) < 4.78 is 28.8. The predicted octanol–water partition coefficient (Wildman–Crippen LogP) is 7.08. The van der Waals surface area contributed by atoms with Gasteiger partial charge in [-0.05, 0) is 60.9 Å². The van der Waals surface area contributed by atoms with Gasteiger partial charge in [-0.3, -0.25) is 0 Å². The number of nitrogens with two attached hydrogens (primary N) is 1. The third-order valence-electron chi connectivity index (χ3n) is 7.25. The molecule has 2 atom stereocenters. The molecule has 1 heterocycles. The quantitative estimate of drug-likeness (QED) is 0.150. The SMILES string of the molecule is CCc1ccc(OC(C)C(=O)Oc2ccc3c(c2)OC(N)=C(C#N)C3c2ccc(OCc3ccccc3Cl)c(OC)c2)cc1. The van der Waals surface area contributed by atoms with Gasteiger partial charge in [-0.15, -0.1) is 0 Å². The predicted molar refractivity (Wildman–Crippen MR) is 166 cm³/mol. The van der Waals surface area contributed by atoms with Crippen LogP contribution in [-0.4, -0.2) is 19.2 Å². The molecule has 44 heavy (non-hydrogen) atoms. The minimum atomic E-state index is -0.853. The number of allylic oxidation sites excluding steroid dienone is 1. The van der Waals surface area contributed by atoms with E-state index < -0.39 is 18.0 Å². The molecular weight excluding hydrogens is 580 g/mol. The van der Waals surface area contributed by atoms with Crippen LogP contribution < -0.4 is 29.4 Å². The van der Waals surface area contributed by atoms with Crippen LogP contribution in [0.1, 0.15) is 42.0 Å². The monoisotopic (exact) mass is 610 g/mol. The zero-order chi connectivity index (χ0) is 31.2. The van der Waals surface area contributed by atoms with E-state index in [1.54, 1.807) is 50.4 Å². The molecule has 1 aliphatic rings. The van der Waals surface area contributed by atoms with Gasteiger partial charge < -0.3 is 29.4 Å². The Morgan fingerprint density at radius 2 is 1.77 bits per heavy atom. The first-order chi connectivity index (χ1) is 21.3. The lowest BCUT2D eigenvalue weighted by Crippen LogP contribution is -2.28. The molecule has 1 aliphatic heterocycles. The van der Waals surface area contributed by atoms with Gasteiger partial charge in [0.1, 0.15) is 35.5 Å². The lowest BCUT2D eigenvalue weighted by atomic mass is 9.83. The lowest BCUT2D eigenvalue weighted by Gasteiger charge is -2.27. The van der Waals surface area contributed by atoms with Crippen molar-refractivity contribution in [1.82, 2.24) is 0 Å². The molecule has 0 aromatic heterocycles. The van der Waals surface area contributed by atoms with E-state index in [0.29, 0.717) is 33.6 Å². The van der Waals surface area contributed by atoms with Crippen molar-refractivity contribution in [1.29, 1.82) is 5.26 Å². The second-order valence-electron chi connectivity index (χ2n) is 10.1. The highest BCUT2D eigenvalue weighted by Gasteiger charge is 2.32. The summed E-state index contributed by atoms with van der Waals surface area (Å²) in [6, 6.07) is 27.5. The number of hydrogen-bond donors (Lipinski definition) is 1. The van der Waals surface area contributed by atoms with E-state index in [0.717, 1.165) is 17.5 Å². The summed E-state index contributed by atoms with van der Waals surface area (Å²) in [5.41, 5.74) is 9.85. The van der Waals surface area contributed by atoms with Crippen molar-refractivity contribution in [3.05, 3.63) is 124 Å². The van der Waals surface area contributed by atoms with Gasteiger partial charge in [0.15, 0.2) is 17.6 Å². The summed E-state index contributed by atoms with van der Waals surface area (Å²) in [4.78, 5) is 12.8. The Morgan fingerprint density at radius 3 is 2.48 bits per heavy atom. The molecule has 4 aromatic rings. The van der Waals surface area contributed by atoms with E-state index in [1.807, 2.05) is 48.5 Å². The van der Waals surface area contributed by atoms with Crippen LogP contribution in [0.25, 0.3) is 0 Å². The van der Waals surface area contributed by atoms with E-state index >= 15 is 0 Å². The van der Waals surface area contributed by atoms with Crippen molar-refractivity contribution < 1.29 is 28.5 Å². The van der Waals surface area contributed by atoms with Gasteiger partial charge >= 0.3 is 5.97 Å². The van der Waals surface area contributed by atoms with Crippen molar-refractivity contribution in [3.8, 4) is 34.8 Å². The van der Waals surface area contributed by atoms with Gasteiger partial charge in [0.25, 0.3) is 0 Å². The lowest BCUT2D eigenvalue weighted by molar-refractivity contribution is -0.141. The highest BCUT2D eigenvalue weighted by molar-refractivity contribution is 6.31. The zero-order valence-electron chi connectivity index (χ0n) is 24.5. The minimum Gasteiger partial charge on any atom is -0.493 e. The Labute approximate surface area is 261 Å². The highest BCUT2D eigenvalue weighted by atomic mass is 35.5. The van der Waals surface area contributed by atoms with Crippen molar-refractivity contribution in [2.24, 2.45) is 5.73 Å². The van der Waals surface area contributed by atoms with Crippen LogP contribution in [0, 0.1) is 11.3 Å². The molecule has 9 heteroatoms. The summed E-state index contributed by atoms with van der Waals surface area (Å²) in [5, 5.41) is 10.6. The van der Waals surface area contributed by atoms with Gasteiger partial charge in [0.05, 0.1) is 13.0 Å². The summed E-state index contributed by atoms with van der Waals surface area (Å²) >= 11 is 6.28. The molecule has 4 aromatic carbocycles. The standard InChI is InChI=1S/C35H31ClN2O6/c1-4-22-9-12-25(13-10-22)42-21(2)35(39)43-26-14-15-27-31(18-26)44-34(38)28(19-37)33(27)23-11-16-30(32(17-23)40-3)41-20-24-7-5-6-8-29(24)36/h5-18,21,33H,4,20,38H2,1-3H3. The maximum absolute atomic E-state index is 12.8. The van der Waals surface area contributed by atoms with Crippen molar-refractivity contribution >= 4 is 17.6 Å². The maximum Gasteiger partial charge on any atom is 0.352 e. The Bertz CT molecular complexity index is 1750. The number of fused-ring (bicyclic) bond motifs is 1. The number of benzene rings is 4. The van der Waals surface area contributed by atoms with E-state index in [9.17, 15) is 10.1 Å². The largest absolute Gasteiger partial charge is 0.493 e. The summed E-state index contributed by atoms with van der Waals surface area (Å²) in [7, 11) is 1.54. The minimum absolute atomic E-state index is 0.0429. The van der Waals surface area contributed by atoms with E-state index in [2.05, 4.69) is 13.0 Å². The number of rotatable bonds is 10. The average Bonchev–Trinajstić information content (AvgIpc) is 3.04. The molecule has 0 saturated carbocycles. The zero-order valence-corrected chi connectivity index (χ0v) is 25.3. The average molecular weight is 611 g/mol. The summed E-state index contributed by atoms with van der Waals surface area (Å²) in [5.74, 6) is 0.987. The Balaban J connectivity index is 1.36. The second kappa shape index (κ2) is 13.4. The number of nitrogens with zero attached hydrogens (tertiary/aromatic N) is 1. The van der Waals surface area contributed by atoms with Crippen LogP contribution in [0.4, 0.5) is 0 Å². The number of aryl methyl sites for hydroxylation is 1. The third-order valence-corrected chi connectivity index (χ3v) is 7.62. The van der Waals surface area contributed by atoms with Gasteiger partial charge in [-0.1, -0.05) is 61.0 Å². The molecule has 0 radical (unpaired) electrons. The van der Waals surface area contributed by atoms with Crippen LogP contribution in [0.3, 0.4) is 0 Å². The topological polar surface area (TPSA) is 113 Å². The fraction of sp³-hybridized carbons (Fsp3) is 0.200. The first-order valence-electron chi connectivity index (χ1n) is 14.0. The summed E-state index contributed by atoms with van der Waals surface area (Å²) in [6.45, 7) is 3.94. The molecule has 0 spiro atoms. The Kier molecular flexibility index (Phi) is 9.27. The van der Waals surface area contributed by atoms with Gasteiger partial charge in [-0.2, -0.15) is 5.26 Å². The normalized spacial score (nSPS) is 14.5. The summed E-state index contributed by atoms with van der Waals surface area (Å²) in [6.07, 6.45) is 0.0559. The van der Waals surface area contributed by atoms with Crippen LogP contribution in [0.15, 0.2) is 96.4 Å². The molecule has 0 aliphatic carbocycles. The number of esters is 1. The Morgan fingerprint density at radius 1 is 1.02 bits per heavy atom. The molecule has 0 amide bonds. The number of methoxy groups -OCH3 is 1. The smallest absolute Gasteiger partial charge is 0.352 e. The van der Waals surface area contributed by atoms with Crippen LogP contribution in [0.5, 0.6) is 28.7 Å². The molecule has 5 rings (SSSR count). The highest BCUT2D eigenvalue weighted by Crippen LogP contribution is 2.45. The number of nitriles is 1. The number of carbonyl (C=O) groups excluding carboxylic acids is 1. The first-order valence-corrected chi connectivity index (χ1v) is 14.4. The van der Waals surface area contributed by atoms with Gasteiger partial charge in [0.2, 0.25) is 5.88 Å². The number of hydrogen-bond acceptors (Lipinski definition) is 8. The number of halogens is 1. The first kappa shape index (κ1) is 30.3. The molecule has 2 unspecified atom stereocenters. The molecule has 224 valence electrons. The van der Waals surface area contributed by atoms with Crippen LogP contribution in [0.2, 0.25) is 5.02 Å². The fourth-order valence-electron chi connectivity index (χ4n) is 4.85. The third kappa shape index (κ3) is 6.59. The van der Waals surface area contributed by atoms with E-state index in [4.69, 9.17) is 41.0 Å². The van der Waals surface area contributed by atoms with Crippen molar-refractivity contribution in [2.45, 2.75) is 38.9 Å². The number of carbonyl (C=O) groups is 1. The molecule has 2 N–H and O–H groups in total.